The molecular weight excluding hydrogens is 346 g/mol. The summed E-state index contributed by atoms with van der Waals surface area (Å²) in [5.41, 5.74) is 1.15. The van der Waals surface area contributed by atoms with Gasteiger partial charge in [-0.15, -0.1) is 0 Å². The molecule has 148 valence electrons. The van der Waals surface area contributed by atoms with Crippen LogP contribution in [0.15, 0.2) is 24.3 Å². The molecule has 2 N–H and O–H groups in total. The van der Waals surface area contributed by atoms with Crippen LogP contribution < -0.4 is 10.6 Å². The third-order valence-corrected chi connectivity index (χ3v) is 4.20. The number of carbonyl (C=O) groups excluding carboxylic acids is 3. The van der Waals surface area contributed by atoms with Gasteiger partial charge in [-0.25, -0.2) is 4.79 Å². The minimum atomic E-state index is -0.615. The van der Waals surface area contributed by atoms with Crippen LogP contribution in [0.25, 0.3) is 0 Å². The molecule has 1 heterocycles. The first-order valence-electron chi connectivity index (χ1n) is 9.26. The van der Waals surface area contributed by atoms with E-state index in [1.54, 1.807) is 20.8 Å². The lowest BCUT2D eigenvalue weighted by Gasteiger charge is -2.32. The highest BCUT2D eigenvalue weighted by Gasteiger charge is 2.25. The smallest absolute Gasteiger partial charge is 0.408 e. The van der Waals surface area contributed by atoms with Gasteiger partial charge in [-0.3, -0.25) is 9.59 Å². The van der Waals surface area contributed by atoms with Crippen molar-refractivity contribution >= 4 is 17.9 Å². The zero-order chi connectivity index (χ0) is 20.0. The molecule has 1 aromatic carbocycles. The van der Waals surface area contributed by atoms with Crippen LogP contribution in [0.4, 0.5) is 4.79 Å². The molecule has 0 unspecified atom stereocenters. The summed E-state index contributed by atoms with van der Waals surface area (Å²) >= 11 is 0. The minimum Gasteiger partial charge on any atom is -0.444 e. The highest BCUT2D eigenvalue weighted by Crippen LogP contribution is 2.15. The van der Waals surface area contributed by atoms with E-state index in [0.29, 0.717) is 31.5 Å². The molecule has 1 aliphatic rings. The summed E-state index contributed by atoms with van der Waals surface area (Å²) in [5.74, 6) is -0.237. The standard InChI is InChI=1S/C20H29N3O4/c1-14-6-5-7-15(12-14)18(25)23-10-8-16(9-11-23)22-17(24)13-21-19(26)27-20(2,3)4/h5-7,12,16H,8-11,13H2,1-4H3,(H,21,26)(H,22,24). The molecule has 2 rings (SSSR count). The van der Waals surface area contributed by atoms with Crippen molar-refractivity contribution < 1.29 is 19.1 Å². The number of hydrogen-bond acceptors (Lipinski definition) is 4. The van der Waals surface area contributed by atoms with Gasteiger partial charge in [0.1, 0.15) is 12.1 Å². The van der Waals surface area contributed by atoms with E-state index in [1.807, 2.05) is 36.1 Å². The lowest BCUT2D eigenvalue weighted by Crippen LogP contribution is -2.49. The van der Waals surface area contributed by atoms with E-state index in [1.165, 1.54) is 0 Å². The molecule has 0 atom stereocenters. The number of nitrogens with zero attached hydrogens (tertiary/aromatic N) is 1. The van der Waals surface area contributed by atoms with Crippen molar-refractivity contribution in [3.63, 3.8) is 0 Å². The Morgan fingerprint density at radius 1 is 1.19 bits per heavy atom. The number of rotatable bonds is 4. The monoisotopic (exact) mass is 375 g/mol. The van der Waals surface area contributed by atoms with Crippen LogP contribution in [0, 0.1) is 6.92 Å². The lowest BCUT2D eigenvalue weighted by molar-refractivity contribution is -0.121. The first kappa shape index (κ1) is 20.7. The minimum absolute atomic E-state index is 0.000467. The predicted octanol–water partition coefficient (Wildman–Crippen LogP) is 2.24. The Labute approximate surface area is 160 Å². The first-order chi connectivity index (χ1) is 12.6. The van der Waals surface area contributed by atoms with E-state index in [-0.39, 0.29) is 24.4 Å². The average molecular weight is 375 g/mol. The van der Waals surface area contributed by atoms with Gasteiger partial charge in [-0.1, -0.05) is 17.7 Å². The van der Waals surface area contributed by atoms with E-state index < -0.39 is 11.7 Å². The average Bonchev–Trinajstić information content (AvgIpc) is 2.58. The van der Waals surface area contributed by atoms with Crippen LogP contribution in [0.3, 0.4) is 0 Å². The SMILES string of the molecule is Cc1cccc(C(=O)N2CCC(NC(=O)CNC(=O)OC(C)(C)C)CC2)c1. The zero-order valence-electron chi connectivity index (χ0n) is 16.5. The topological polar surface area (TPSA) is 87.7 Å². The Kier molecular flexibility index (Phi) is 6.82. The Bertz CT molecular complexity index is 689. The van der Waals surface area contributed by atoms with Crippen molar-refractivity contribution in [3.05, 3.63) is 35.4 Å². The number of benzene rings is 1. The maximum absolute atomic E-state index is 12.5. The summed E-state index contributed by atoms with van der Waals surface area (Å²) in [5, 5.41) is 5.34. The van der Waals surface area contributed by atoms with Gasteiger partial charge in [-0.2, -0.15) is 0 Å². The number of alkyl carbamates (subject to hydrolysis) is 1. The Morgan fingerprint density at radius 3 is 2.44 bits per heavy atom. The second-order valence-electron chi connectivity index (χ2n) is 7.86. The van der Waals surface area contributed by atoms with Crippen molar-refractivity contribution in [2.75, 3.05) is 19.6 Å². The highest BCUT2D eigenvalue weighted by molar-refractivity contribution is 5.94. The van der Waals surface area contributed by atoms with Gasteiger partial charge < -0.3 is 20.3 Å². The number of nitrogens with one attached hydrogen (secondary N) is 2. The molecule has 1 aliphatic heterocycles. The van der Waals surface area contributed by atoms with Crippen molar-refractivity contribution in [3.8, 4) is 0 Å². The van der Waals surface area contributed by atoms with Crippen LogP contribution in [0.2, 0.25) is 0 Å². The van der Waals surface area contributed by atoms with Gasteiger partial charge in [0, 0.05) is 24.7 Å². The molecule has 1 fully saturated rings. The Hall–Kier alpha value is -2.57. The fourth-order valence-corrected chi connectivity index (χ4v) is 2.93. The van der Waals surface area contributed by atoms with Crippen molar-refractivity contribution in [2.45, 2.75) is 52.2 Å². The molecule has 0 aliphatic carbocycles. The molecule has 0 aromatic heterocycles. The fourth-order valence-electron chi connectivity index (χ4n) is 2.93. The summed E-state index contributed by atoms with van der Waals surface area (Å²) in [4.78, 5) is 37.9. The van der Waals surface area contributed by atoms with Crippen LogP contribution in [-0.4, -0.2) is 54.1 Å². The number of piperidine rings is 1. The first-order valence-corrected chi connectivity index (χ1v) is 9.26. The molecule has 0 spiro atoms. The quantitative estimate of drug-likeness (QED) is 0.845. The van der Waals surface area contributed by atoms with Crippen LogP contribution in [0.1, 0.15) is 49.5 Å². The third kappa shape index (κ3) is 6.92. The molecule has 0 radical (unpaired) electrons. The molecule has 0 bridgehead atoms. The van der Waals surface area contributed by atoms with Gasteiger partial charge >= 0.3 is 6.09 Å². The van der Waals surface area contributed by atoms with E-state index in [9.17, 15) is 14.4 Å². The van der Waals surface area contributed by atoms with Gasteiger partial charge in [-0.05, 0) is 52.7 Å². The predicted molar refractivity (Wildman–Crippen MR) is 102 cm³/mol. The number of likely N-dealkylation sites (tertiary alicyclic amines) is 1. The normalized spacial score (nSPS) is 15.2. The van der Waals surface area contributed by atoms with Gasteiger partial charge in [0.05, 0.1) is 0 Å². The Morgan fingerprint density at radius 2 is 1.85 bits per heavy atom. The summed E-state index contributed by atoms with van der Waals surface area (Å²) in [6.07, 6.45) is 0.766. The van der Waals surface area contributed by atoms with Crippen molar-refractivity contribution in [2.24, 2.45) is 0 Å². The second-order valence-corrected chi connectivity index (χ2v) is 7.86. The number of amides is 3. The van der Waals surface area contributed by atoms with Gasteiger partial charge in [0.15, 0.2) is 0 Å². The lowest BCUT2D eigenvalue weighted by atomic mass is 10.0. The van der Waals surface area contributed by atoms with Gasteiger partial charge in [0.25, 0.3) is 5.91 Å². The molecule has 3 amide bonds. The van der Waals surface area contributed by atoms with Crippen molar-refractivity contribution in [1.82, 2.24) is 15.5 Å². The summed E-state index contributed by atoms with van der Waals surface area (Å²) in [6, 6.07) is 7.56. The van der Waals surface area contributed by atoms with Crippen LogP contribution >= 0.6 is 0 Å². The van der Waals surface area contributed by atoms with Gasteiger partial charge in [0.2, 0.25) is 5.91 Å². The molecule has 1 saturated heterocycles. The molecule has 1 aromatic rings. The molecule has 7 nitrogen and oxygen atoms in total. The Balaban J connectivity index is 1.73. The summed E-state index contributed by atoms with van der Waals surface area (Å²) < 4.78 is 5.09. The summed E-state index contributed by atoms with van der Waals surface area (Å²) in [6.45, 7) is 8.31. The number of hydrogen-bond donors (Lipinski definition) is 2. The maximum atomic E-state index is 12.5. The maximum Gasteiger partial charge on any atom is 0.408 e. The molecular formula is C20H29N3O4. The zero-order valence-corrected chi connectivity index (χ0v) is 16.5. The largest absolute Gasteiger partial charge is 0.444 e. The molecule has 7 heteroatoms. The van der Waals surface area contributed by atoms with Crippen molar-refractivity contribution in [1.29, 1.82) is 0 Å². The number of carbonyl (C=O) groups is 3. The van der Waals surface area contributed by atoms with Crippen LogP contribution in [-0.2, 0) is 9.53 Å². The highest BCUT2D eigenvalue weighted by atomic mass is 16.6. The third-order valence-electron chi connectivity index (χ3n) is 4.20. The molecule has 0 saturated carbocycles. The number of aryl methyl sites for hydroxylation is 1. The van der Waals surface area contributed by atoms with E-state index >= 15 is 0 Å². The molecule has 27 heavy (non-hydrogen) atoms. The van der Waals surface area contributed by atoms with Crippen LogP contribution in [0.5, 0.6) is 0 Å². The van der Waals surface area contributed by atoms with E-state index in [0.717, 1.165) is 5.56 Å². The van der Waals surface area contributed by atoms with E-state index in [2.05, 4.69) is 10.6 Å². The summed E-state index contributed by atoms with van der Waals surface area (Å²) in [7, 11) is 0. The van der Waals surface area contributed by atoms with E-state index in [4.69, 9.17) is 4.74 Å². The fraction of sp³-hybridized carbons (Fsp3) is 0.550. The number of ether oxygens (including phenoxy) is 1. The second kappa shape index (κ2) is 8.88.